The van der Waals surface area contributed by atoms with Gasteiger partial charge in [0.15, 0.2) is 0 Å². The maximum Gasteiger partial charge on any atom is 0.326 e. The number of hydrogen-bond donors (Lipinski definition) is 1. The van der Waals surface area contributed by atoms with Crippen molar-refractivity contribution < 1.29 is 19.4 Å². The number of ether oxygens (including phenoxy) is 1. The van der Waals surface area contributed by atoms with Crippen LogP contribution < -0.4 is 4.74 Å². The van der Waals surface area contributed by atoms with Gasteiger partial charge in [-0.3, -0.25) is 4.79 Å². The van der Waals surface area contributed by atoms with Crippen LogP contribution in [-0.2, 0) is 16.0 Å². The van der Waals surface area contributed by atoms with E-state index >= 15 is 0 Å². The summed E-state index contributed by atoms with van der Waals surface area (Å²) in [6, 6.07) is 6.95. The van der Waals surface area contributed by atoms with E-state index in [-0.39, 0.29) is 23.7 Å². The summed E-state index contributed by atoms with van der Waals surface area (Å²) >= 11 is 5.55. The number of methoxy groups -OCH3 is 1. The van der Waals surface area contributed by atoms with E-state index < -0.39 is 12.0 Å². The molecule has 0 aromatic heterocycles. The number of rotatable bonds is 10. The fourth-order valence-corrected chi connectivity index (χ4v) is 3.77. The lowest BCUT2D eigenvalue weighted by Gasteiger charge is -2.32. The van der Waals surface area contributed by atoms with Gasteiger partial charge in [0.05, 0.1) is 7.11 Å². The van der Waals surface area contributed by atoms with Crippen molar-refractivity contribution in [1.82, 2.24) is 4.90 Å². The molecule has 1 rings (SSSR count). The molecule has 0 unspecified atom stereocenters. The first-order valence-electron chi connectivity index (χ1n) is 9.10. The van der Waals surface area contributed by atoms with Crippen LogP contribution in [0.4, 0.5) is 0 Å². The molecule has 0 aliphatic carbocycles. The van der Waals surface area contributed by atoms with E-state index in [1.807, 2.05) is 38.1 Å². The van der Waals surface area contributed by atoms with Gasteiger partial charge in [-0.05, 0) is 40.3 Å². The SMILES string of the molecule is COc1ccc(CC(=S)CC(C)(C)CC(=O)N(C)[C@H](C(=O)O)C(C)C)cc1. The van der Waals surface area contributed by atoms with E-state index in [1.165, 1.54) is 4.90 Å². The number of hydrogen-bond acceptors (Lipinski definition) is 4. The summed E-state index contributed by atoms with van der Waals surface area (Å²) < 4.78 is 5.16. The van der Waals surface area contributed by atoms with Crippen molar-refractivity contribution in [3.05, 3.63) is 29.8 Å². The van der Waals surface area contributed by atoms with Crippen LogP contribution in [0.1, 0.15) is 46.1 Å². The molecule has 27 heavy (non-hydrogen) atoms. The highest BCUT2D eigenvalue weighted by molar-refractivity contribution is 7.80. The van der Waals surface area contributed by atoms with Gasteiger partial charge in [0.2, 0.25) is 5.91 Å². The molecule has 0 heterocycles. The lowest BCUT2D eigenvalue weighted by Crippen LogP contribution is -2.46. The van der Waals surface area contributed by atoms with Crippen molar-refractivity contribution in [2.24, 2.45) is 11.3 Å². The second kappa shape index (κ2) is 9.83. The molecule has 6 heteroatoms. The standard InChI is InChI=1S/C21H31NO4S/c1-14(2)19(20(24)25)22(5)18(23)13-21(3,4)12-17(27)11-15-7-9-16(26-6)10-8-15/h7-10,14,19H,11-13H2,1-6H3,(H,24,25)/t19-/m0/s1. The number of carboxylic acids is 1. The first-order valence-corrected chi connectivity index (χ1v) is 9.51. The summed E-state index contributed by atoms with van der Waals surface area (Å²) in [5, 5.41) is 9.38. The second-order valence-corrected chi connectivity index (χ2v) is 8.69. The predicted molar refractivity (Wildman–Crippen MR) is 111 cm³/mol. The third-order valence-electron chi connectivity index (χ3n) is 4.56. The summed E-state index contributed by atoms with van der Waals surface area (Å²) in [4.78, 5) is 26.3. The molecular weight excluding hydrogens is 362 g/mol. The summed E-state index contributed by atoms with van der Waals surface area (Å²) in [5.41, 5.74) is 0.764. The highest BCUT2D eigenvalue weighted by atomic mass is 32.1. The van der Waals surface area contributed by atoms with E-state index in [9.17, 15) is 14.7 Å². The first-order chi connectivity index (χ1) is 12.5. The van der Waals surface area contributed by atoms with Crippen LogP contribution in [0.3, 0.4) is 0 Å². The number of aliphatic carboxylic acids is 1. The van der Waals surface area contributed by atoms with Crippen LogP contribution in [0.5, 0.6) is 5.75 Å². The Labute approximate surface area is 167 Å². The zero-order valence-corrected chi connectivity index (χ0v) is 17.9. The minimum atomic E-state index is -0.978. The topological polar surface area (TPSA) is 66.8 Å². The monoisotopic (exact) mass is 393 g/mol. The molecule has 1 atom stereocenters. The van der Waals surface area contributed by atoms with E-state index in [4.69, 9.17) is 17.0 Å². The summed E-state index contributed by atoms with van der Waals surface area (Å²) in [5.74, 6) is -0.505. The molecule has 1 amide bonds. The van der Waals surface area contributed by atoms with Crippen LogP contribution in [-0.4, -0.2) is 46.9 Å². The molecule has 5 nitrogen and oxygen atoms in total. The largest absolute Gasteiger partial charge is 0.497 e. The molecule has 150 valence electrons. The number of likely N-dealkylation sites (N-methyl/N-ethyl adjacent to an activating group) is 1. The number of nitrogens with zero attached hydrogens (tertiary/aromatic N) is 1. The van der Waals surface area contributed by atoms with Crippen molar-refractivity contribution in [3.8, 4) is 5.75 Å². The Bertz CT molecular complexity index is 667. The van der Waals surface area contributed by atoms with Crippen molar-refractivity contribution in [2.75, 3.05) is 14.2 Å². The molecule has 0 aliphatic rings. The fraction of sp³-hybridized carbons (Fsp3) is 0.571. The van der Waals surface area contributed by atoms with Crippen LogP contribution in [0.15, 0.2) is 24.3 Å². The fourth-order valence-electron chi connectivity index (χ4n) is 3.22. The summed E-state index contributed by atoms with van der Waals surface area (Å²) in [6.45, 7) is 7.59. The third kappa shape index (κ3) is 7.29. The quantitative estimate of drug-likeness (QED) is 0.609. The van der Waals surface area contributed by atoms with Gasteiger partial charge >= 0.3 is 5.97 Å². The molecule has 0 saturated heterocycles. The maximum atomic E-state index is 12.6. The smallest absolute Gasteiger partial charge is 0.326 e. The minimum Gasteiger partial charge on any atom is -0.497 e. The number of carbonyl (C=O) groups is 2. The van der Waals surface area contributed by atoms with Gasteiger partial charge in [-0.1, -0.05) is 52.0 Å². The van der Waals surface area contributed by atoms with E-state index in [2.05, 4.69) is 0 Å². The summed E-state index contributed by atoms with van der Waals surface area (Å²) in [6.07, 6.45) is 1.53. The van der Waals surface area contributed by atoms with Crippen LogP contribution in [0, 0.1) is 11.3 Å². The van der Waals surface area contributed by atoms with E-state index in [1.54, 1.807) is 28.0 Å². The van der Waals surface area contributed by atoms with E-state index in [0.29, 0.717) is 12.8 Å². The molecule has 1 aromatic carbocycles. The van der Waals surface area contributed by atoms with Crippen molar-refractivity contribution in [3.63, 3.8) is 0 Å². The van der Waals surface area contributed by atoms with Crippen molar-refractivity contribution in [1.29, 1.82) is 0 Å². The molecule has 0 radical (unpaired) electrons. The Balaban J connectivity index is 2.68. The predicted octanol–water partition coefficient (Wildman–Crippen LogP) is 3.98. The van der Waals surface area contributed by atoms with Gasteiger partial charge in [0.25, 0.3) is 0 Å². The number of benzene rings is 1. The lowest BCUT2D eigenvalue weighted by molar-refractivity contribution is -0.151. The lowest BCUT2D eigenvalue weighted by atomic mass is 9.82. The maximum absolute atomic E-state index is 12.6. The second-order valence-electron chi connectivity index (χ2n) is 8.11. The Morgan fingerprint density at radius 1 is 1.19 bits per heavy atom. The average Bonchev–Trinajstić information content (AvgIpc) is 2.53. The molecule has 0 bridgehead atoms. The van der Waals surface area contributed by atoms with Gasteiger partial charge in [0, 0.05) is 19.9 Å². The van der Waals surface area contributed by atoms with Gasteiger partial charge < -0.3 is 14.7 Å². The Morgan fingerprint density at radius 3 is 2.19 bits per heavy atom. The van der Waals surface area contributed by atoms with Crippen molar-refractivity contribution in [2.45, 2.75) is 53.0 Å². The number of amides is 1. The number of carbonyl (C=O) groups excluding carboxylic acids is 1. The molecule has 0 aliphatic heterocycles. The van der Waals surface area contributed by atoms with Crippen LogP contribution in [0.25, 0.3) is 0 Å². The zero-order chi connectivity index (χ0) is 20.8. The van der Waals surface area contributed by atoms with Crippen LogP contribution in [0.2, 0.25) is 0 Å². The molecule has 1 aromatic rings. The zero-order valence-electron chi connectivity index (χ0n) is 17.1. The highest BCUT2D eigenvalue weighted by Crippen LogP contribution is 2.28. The minimum absolute atomic E-state index is 0.157. The van der Waals surface area contributed by atoms with Gasteiger partial charge in [-0.2, -0.15) is 0 Å². The van der Waals surface area contributed by atoms with E-state index in [0.717, 1.165) is 16.2 Å². The number of carboxylic acid groups (broad SMARTS) is 1. The Morgan fingerprint density at radius 2 is 1.74 bits per heavy atom. The van der Waals surface area contributed by atoms with Gasteiger partial charge in [-0.25, -0.2) is 4.79 Å². The third-order valence-corrected chi connectivity index (χ3v) is 4.85. The normalized spacial score (nSPS) is 12.6. The average molecular weight is 394 g/mol. The molecule has 0 fully saturated rings. The Kier molecular flexibility index (Phi) is 8.41. The molecule has 0 saturated carbocycles. The first kappa shape index (κ1) is 23.1. The molecule has 1 N–H and O–H groups in total. The molecule has 0 spiro atoms. The van der Waals surface area contributed by atoms with Crippen molar-refractivity contribution >= 4 is 29.0 Å². The van der Waals surface area contributed by atoms with Gasteiger partial charge in [0.1, 0.15) is 11.8 Å². The summed E-state index contributed by atoms with van der Waals surface area (Å²) in [7, 11) is 3.19. The Hall–Kier alpha value is -1.95. The van der Waals surface area contributed by atoms with Crippen LogP contribution >= 0.6 is 12.2 Å². The molecular formula is C21H31NO4S. The van der Waals surface area contributed by atoms with Gasteiger partial charge in [-0.15, -0.1) is 0 Å². The number of thiocarbonyl (C=S) groups is 1. The highest BCUT2D eigenvalue weighted by Gasteiger charge is 2.32.